The van der Waals surface area contributed by atoms with Crippen LogP contribution in [0.5, 0.6) is 0 Å². The van der Waals surface area contributed by atoms with E-state index in [1.54, 1.807) is 37.3 Å². The molecule has 0 bridgehead atoms. The van der Waals surface area contributed by atoms with E-state index in [1.165, 1.54) is 18.2 Å². The van der Waals surface area contributed by atoms with E-state index < -0.39 is 4.92 Å². The summed E-state index contributed by atoms with van der Waals surface area (Å²) in [4.78, 5) is 10.00. The zero-order valence-electron chi connectivity index (χ0n) is 9.62. The van der Waals surface area contributed by atoms with Gasteiger partial charge in [0.25, 0.3) is 5.69 Å². The molecule has 1 aromatic rings. The van der Waals surface area contributed by atoms with Gasteiger partial charge in [-0.2, -0.15) is 10.5 Å². The molecule has 0 aliphatic heterocycles. The Balaban J connectivity index is 2.97. The van der Waals surface area contributed by atoms with Crippen LogP contribution < -0.4 is 0 Å². The first-order chi connectivity index (χ1) is 8.56. The number of nitrogens with zero attached hydrogens (tertiary/aromatic N) is 3. The second kappa shape index (κ2) is 5.97. The molecule has 0 amide bonds. The normalized spacial score (nSPS) is 10.1. The van der Waals surface area contributed by atoms with Gasteiger partial charge < -0.3 is 0 Å². The van der Waals surface area contributed by atoms with Crippen molar-refractivity contribution >= 4 is 11.8 Å². The molecule has 0 N–H and O–H groups in total. The van der Waals surface area contributed by atoms with Crippen LogP contribution in [0.2, 0.25) is 0 Å². The van der Waals surface area contributed by atoms with Crippen LogP contribution in [-0.4, -0.2) is 4.92 Å². The van der Waals surface area contributed by atoms with Crippen molar-refractivity contribution in [1.82, 2.24) is 0 Å². The zero-order valence-corrected chi connectivity index (χ0v) is 9.62. The molecule has 0 spiro atoms. The molecule has 0 radical (unpaired) electrons. The minimum Gasteiger partial charge on any atom is -0.258 e. The quantitative estimate of drug-likeness (QED) is 0.351. The summed E-state index contributed by atoms with van der Waals surface area (Å²) in [6.07, 6.45) is 3.19. The third kappa shape index (κ3) is 3.58. The average molecular weight is 239 g/mol. The second-order valence-corrected chi connectivity index (χ2v) is 3.52. The van der Waals surface area contributed by atoms with Crippen molar-refractivity contribution in [3.8, 4) is 12.1 Å². The Morgan fingerprint density at radius 2 is 1.83 bits per heavy atom. The Kier molecular flexibility index (Phi) is 4.36. The van der Waals surface area contributed by atoms with Gasteiger partial charge in [0.1, 0.15) is 17.7 Å². The summed E-state index contributed by atoms with van der Waals surface area (Å²) in [5.74, 6) is 0. The highest BCUT2D eigenvalue weighted by Gasteiger charge is 2.02. The van der Waals surface area contributed by atoms with Gasteiger partial charge in [0.2, 0.25) is 0 Å². The number of nitro groups is 1. The maximum atomic E-state index is 10.5. The summed E-state index contributed by atoms with van der Waals surface area (Å²) in [6, 6.07) is 9.54. The van der Waals surface area contributed by atoms with Gasteiger partial charge in [0.05, 0.1) is 4.92 Å². The molecule has 0 unspecified atom stereocenters. The third-order valence-electron chi connectivity index (χ3n) is 2.11. The van der Waals surface area contributed by atoms with Crippen LogP contribution in [0.4, 0.5) is 5.69 Å². The number of hydrogen-bond acceptors (Lipinski definition) is 4. The first-order valence-electron chi connectivity index (χ1n) is 5.01. The maximum absolute atomic E-state index is 10.5. The van der Waals surface area contributed by atoms with Crippen LogP contribution in [0.15, 0.2) is 41.5 Å². The average Bonchev–Trinajstić information content (AvgIpc) is 2.36. The van der Waals surface area contributed by atoms with Gasteiger partial charge in [-0.25, -0.2) is 0 Å². The van der Waals surface area contributed by atoms with Crippen LogP contribution in [0.3, 0.4) is 0 Å². The van der Waals surface area contributed by atoms with E-state index in [0.717, 1.165) is 11.1 Å². The predicted molar refractivity (Wildman–Crippen MR) is 66.1 cm³/mol. The molecule has 18 heavy (non-hydrogen) atoms. The Labute approximate surface area is 104 Å². The number of rotatable bonds is 3. The number of non-ortho nitro benzene ring substituents is 1. The summed E-state index contributed by atoms with van der Waals surface area (Å²) in [5, 5.41) is 27.7. The molecule has 0 saturated heterocycles. The molecule has 1 rings (SSSR count). The van der Waals surface area contributed by atoms with Crippen LogP contribution >= 0.6 is 0 Å². The molecule has 0 fully saturated rings. The number of allylic oxidation sites excluding steroid dienone is 3. The fourth-order valence-electron chi connectivity index (χ4n) is 1.31. The lowest BCUT2D eigenvalue weighted by molar-refractivity contribution is -0.384. The highest BCUT2D eigenvalue weighted by Crippen LogP contribution is 2.15. The molecule has 0 aromatic heterocycles. The van der Waals surface area contributed by atoms with E-state index in [9.17, 15) is 10.1 Å². The molecule has 1 aromatic carbocycles. The lowest BCUT2D eigenvalue weighted by Crippen LogP contribution is -1.86. The minimum absolute atomic E-state index is 0.0191. The Hall–Kier alpha value is -2.92. The fourth-order valence-corrected chi connectivity index (χ4v) is 1.31. The van der Waals surface area contributed by atoms with Crippen LogP contribution in [-0.2, 0) is 0 Å². The molecule has 0 aliphatic rings. The molecule has 0 saturated carbocycles. The van der Waals surface area contributed by atoms with Gasteiger partial charge in [-0.3, -0.25) is 10.1 Å². The monoisotopic (exact) mass is 239 g/mol. The topological polar surface area (TPSA) is 90.7 Å². The second-order valence-electron chi connectivity index (χ2n) is 3.52. The molecular weight excluding hydrogens is 230 g/mol. The Morgan fingerprint density at radius 3 is 2.28 bits per heavy atom. The van der Waals surface area contributed by atoms with Crippen molar-refractivity contribution in [3.63, 3.8) is 0 Å². The van der Waals surface area contributed by atoms with Gasteiger partial charge in [-0.15, -0.1) is 0 Å². The highest BCUT2D eigenvalue weighted by atomic mass is 16.6. The van der Waals surface area contributed by atoms with E-state index in [0.29, 0.717) is 0 Å². The number of benzene rings is 1. The number of nitro benzene ring substituents is 1. The summed E-state index contributed by atoms with van der Waals surface area (Å²) in [7, 11) is 0. The molecule has 0 heterocycles. The van der Waals surface area contributed by atoms with Crippen molar-refractivity contribution in [1.29, 1.82) is 10.5 Å². The van der Waals surface area contributed by atoms with Gasteiger partial charge in [0.15, 0.2) is 0 Å². The standard InChI is InChI=1S/C13H9N3O2/c1-10(7-12(8-14)9-15)6-11-2-4-13(5-3-11)16(17)18/h2-7H,1H3/b10-6+. The van der Waals surface area contributed by atoms with Crippen molar-refractivity contribution in [2.24, 2.45) is 0 Å². The molecule has 0 aliphatic carbocycles. The largest absolute Gasteiger partial charge is 0.269 e. The van der Waals surface area contributed by atoms with E-state index in [-0.39, 0.29) is 11.3 Å². The SMILES string of the molecule is C/C(C=C(C#N)C#N)=C\c1ccc([N+](=O)[O-])cc1. The molecule has 5 heteroatoms. The molecule has 88 valence electrons. The summed E-state index contributed by atoms with van der Waals surface area (Å²) in [6.45, 7) is 1.75. The fraction of sp³-hybridized carbons (Fsp3) is 0.0769. The van der Waals surface area contributed by atoms with Gasteiger partial charge >= 0.3 is 0 Å². The van der Waals surface area contributed by atoms with Crippen molar-refractivity contribution in [2.75, 3.05) is 0 Å². The molecule has 5 nitrogen and oxygen atoms in total. The maximum Gasteiger partial charge on any atom is 0.269 e. The van der Waals surface area contributed by atoms with E-state index in [4.69, 9.17) is 10.5 Å². The number of hydrogen-bond donors (Lipinski definition) is 0. The van der Waals surface area contributed by atoms with Crippen molar-refractivity contribution in [2.45, 2.75) is 6.92 Å². The minimum atomic E-state index is -0.469. The predicted octanol–water partition coefficient (Wildman–Crippen LogP) is 2.97. The lowest BCUT2D eigenvalue weighted by atomic mass is 10.1. The van der Waals surface area contributed by atoms with E-state index >= 15 is 0 Å². The third-order valence-corrected chi connectivity index (χ3v) is 2.11. The van der Waals surface area contributed by atoms with Crippen LogP contribution in [0, 0.1) is 32.8 Å². The smallest absolute Gasteiger partial charge is 0.258 e. The van der Waals surface area contributed by atoms with Crippen molar-refractivity contribution in [3.05, 3.63) is 57.2 Å². The van der Waals surface area contributed by atoms with Crippen LogP contribution in [0.25, 0.3) is 6.08 Å². The van der Waals surface area contributed by atoms with Gasteiger partial charge in [-0.05, 0) is 36.3 Å². The van der Waals surface area contributed by atoms with E-state index in [1.807, 2.05) is 0 Å². The zero-order chi connectivity index (χ0) is 13.5. The summed E-state index contributed by atoms with van der Waals surface area (Å²) >= 11 is 0. The van der Waals surface area contributed by atoms with Gasteiger partial charge in [-0.1, -0.05) is 6.08 Å². The van der Waals surface area contributed by atoms with E-state index in [2.05, 4.69) is 0 Å². The molecular formula is C13H9N3O2. The van der Waals surface area contributed by atoms with Crippen LogP contribution in [0.1, 0.15) is 12.5 Å². The highest BCUT2D eigenvalue weighted by molar-refractivity contribution is 5.58. The Morgan fingerprint density at radius 1 is 1.28 bits per heavy atom. The van der Waals surface area contributed by atoms with Crippen molar-refractivity contribution < 1.29 is 4.92 Å². The first kappa shape index (κ1) is 13.1. The van der Waals surface area contributed by atoms with Gasteiger partial charge in [0, 0.05) is 12.1 Å². The Bertz CT molecular complexity index is 583. The first-order valence-corrected chi connectivity index (χ1v) is 5.01. The number of nitriles is 2. The summed E-state index contributed by atoms with van der Waals surface area (Å²) < 4.78 is 0. The molecule has 0 atom stereocenters. The summed E-state index contributed by atoms with van der Waals surface area (Å²) in [5.41, 5.74) is 1.53. The lowest BCUT2D eigenvalue weighted by Gasteiger charge is -1.96.